The van der Waals surface area contributed by atoms with Gasteiger partial charge in [0, 0.05) is 0 Å². The highest BCUT2D eigenvalue weighted by Crippen LogP contribution is 2.33. The highest BCUT2D eigenvalue weighted by Gasteiger charge is 2.32. The van der Waals surface area contributed by atoms with E-state index in [0.717, 1.165) is 11.6 Å². The van der Waals surface area contributed by atoms with E-state index in [1.54, 1.807) is 12.1 Å². The molecule has 0 saturated carbocycles. The predicted octanol–water partition coefficient (Wildman–Crippen LogP) is 4.38. The van der Waals surface area contributed by atoms with Crippen molar-refractivity contribution in [1.82, 2.24) is 0 Å². The maximum atomic E-state index is 12.4. The van der Waals surface area contributed by atoms with Gasteiger partial charge in [0.25, 0.3) is 0 Å². The molecule has 0 N–H and O–H groups in total. The average molecular weight is 340 g/mol. The fourth-order valence-electron chi connectivity index (χ4n) is 2.16. The van der Waals surface area contributed by atoms with Crippen molar-refractivity contribution in [3.8, 4) is 17.2 Å². The second-order valence-electron chi connectivity index (χ2n) is 4.74. The number of rotatable bonds is 5. The number of hydrogen-bond acceptors (Lipinski definition) is 4. The number of carbonyl (C=O) groups is 1. The number of aryl methyl sites for hydroxylation is 1. The standard InChI is InChI=1S/C17H15F3O4/c1-3-11-7-6-8-12(15(11)22-2)16(21)23-13-9-4-5-10-14(13)24-17(18,19)20/h4-10H,3H2,1-2H3. The summed E-state index contributed by atoms with van der Waals surface area (Å²) in [6.45, 7) is 1.89. The quantitative estimate of drug-likeness (QED) is 0.599. The van der Waals surface area contributed by atoms with Crippen molar-refractivity contribution in [2.24, 2.45) is 0 Å². The summed E-state index contributed by atoms with van der Waals surface area (Å²) in [6.07, 6.45) is -4.26. The molecule has 24 heavy (non-hydrogen) atoms. The molecule has 0 fully saturated rings. The number of hydrogen-bond donors (Lipinski definition) is 0. The van der Waals surface area contributed by atoms with E-state index in [1.807, 2.05) is 6.92 Å². The largest absolute Gasteiger partial charge is 0.573 e. The first-order valence-corrected chi connectivity index (χ1v) is 7.08. The number of alkyl halides is 3. The highest BCUT2D eigenvalue weighted by atomic mass is 19.4. The summed E-state index contributed by atoms with van der Waals surface area (Å²) in [5, 5.41) is 0. The first kappa shape index (κ1) is 17.7. The van der Waals surface area contributed by atoms with Crippen LogP contribution in [0.4, 0.5) is 13.2 Å². The molecule has 0 heterocycles. The van der Waals surface area contributed by atoms with Crippen LogP contribution in [0.2, 0.25) is 0 Å². The Morgan fingerprint density at radius 1 is 1.04 bits per heavy atom. The molecule has 0 aliphatic carbocycles. The van der Waals surface area contributed by atoms with Crippen LogP contribution in [-0.4, -0.2) is 19.4 Å². The molecule has 0 radical (unpaired) electrons. The normalized spacial score (nSPS) is 11.0. The van der Waals surface area contributed by atoms with Crippen LogP contribution in [-0.2, 0) is 6.42 Å². The predicted molar refractivity (Wildman–Crippen MR) is 80.5 cm³/mol. The Kier molecular flexibility index (Phi) is 5.33. The van der Waals surface area contributed by atoms with Crippen LogP contribution < -0.4 is 14.2 Å². The zero-order valence-electron chi connectivity index (χ0n) is 13.0. The lowest BCUT2D eigenvalue weighted by molar-refractivity contribution is -0.275. The average Bonchev–Trinajstić information content (AvgIpc) is 2.54. The van der Waals surface area contributed by atoms with Crippen LogP contribution in [0.25, 0.3) is 0 Å². The molecule has 2 aromatic rings. The lowest BCUT2D eigenvalue weighted by Gasteiger charge is -2.14. The van der Waals surface area contributed by atoms with E-state index in [1.165, 1.54) is 31.4 Å². The van der Waals surface area contributed by atoms with Crippen LogP contribution in [0, 0.1) is 0 Å². The van der Waals surface area contributed by atoms with Crippen molar-refractivity contribution in [3.05, 3.63) is 53.6 Å². The van der Waals surface area contributed by atoms with E-state index < -0.39 is 18.1 Å². The minimum Gasteiger partial charge on any atom is -0.496 e. The Morgan fingerprint density at radius 2 is 1.71 bits per heavy atom. The Labute approximate surface area is 136 Å². The summed E-state index contributed by atoms with van der Waals surface area (Å²) < 4.78 is 51.4. The maximum Gasteiger partial charge on any atom is 0.573 e. The SMILES string of the molecule is CCc1cccc(C(=O)Oc2ccccc2OC(F)(F)F)c1OC. The molecule has 0 aromatic heterocycles. The number of halogens is 3. The van der Waals surface area contributed by atoms with Gasteiger partial charge in [0.05, 0.1) is 7.11 Å². The zero-order valence-corrected chi connectivity index (χ0v) is 13.0. The molecular formula is C17H15F3O4. The summed E-state index contributed by atoms with van der Waals surface area (Å²) in [5.74, 6) is -1.42. The summed E-state index contributed by atoms with van der Waals surface area (Å²) >= 11 is 0. The van der Waals surface area contributed by atoms with Gasteiger partial charge in [-0.2, -0.15) is 0 Å². The number of para-hydroxylation sites is 3. The minimum absolute atomic E-state index is 0.124. The van der Waals surface area contributed by atoms with Crippen LogP contribution in [0.1, 0.15) is 22.8 Å². The molecule has 2 aromatic carbocycles. The Balaban J connectivity index is 2.31. The van der Waals surface area contributed by atoms with Crippen LogP contribution in [0.5, 0.6) is 17.2 Å². The van der Waals surface area contributed by atoms with Crippen molar-refractivity contribution >= 4 is 5.97 Å². The second kappa shape index (κ2) is 7.25. The van der Waals surface area contributed by atoms with Gasteiger partial charge in [-0.3, -0.25) is 0 Å². The minimum atomic E-state index is -4.89. The molecule has 0 spiro atoms. The number of methoxy groups -OCH3 is 1. The van der Waals surface area contributed by atoms with Crippen molar-refractivity contribution in [1.29, 1.82) is 0 Å². The number of esters is 1. The van der Waals surface area contributed by atoms with Gasteiger partial charge in [-0.25, -0.2) is 4.79 Å². The van der Waals surface area contributed by atoms with E-state index >= 15 is 0 Å². The molecule has 0 amide bonds. The maximum absolute atomic E-state index is 12.4. The summed E-state index contributed by atoms with van der Waals surface area (Å²) in [5.41, 5.74) is 0.908. The molecule has 0 atom stereocenters. The second-order valence-corrected chi connectivity index (χ2v) is 4.74. The van der Waals surface area contributed by atoms with Gasteiger partial charge in [-0.05, 0) is 30.2 Å². The van der Waals surface area contributed by atoms with Crippen LogP contribution >= 0.6 is 0 Å². The fourth-order valence-corrected chi connectivity index (χ4v) is 2.16. The van der Waals surface area contributed by atoms with Crippen molar-refractivity contribution in [3.63, 3.8) is 0 Å². The van der Waals surface area contributed by atoms with Crippen molar-refractivity contribution in [2.45, 2.75) is 19.7 Å². The lowest BCUT2D eigenvalue weighted by Crippen LogP contribution is -2.18. The molecule has 2 rings (SSSR count). The molecule has 0 aliphatic heterocycles. The smallest absolute Gasteiger partial charge is 0.496 e. The highest BCUT2D eigenvalue weighted by molar-refractivity contribution is 5.94. The molecule has 128 valence electrons. The van der Waals surface area contributed by atoms with Gasteiger partial charge < -0.3 is 14.2 Å². The molecule has 0 saturated heterocycles. The van der Waals surface area contributed by atoms with E-state index in [-0.39, 0.29) is 11.3 Å². The van der Waals surface area contributed by atoms with Gasteiger partial charge in [0.15, 0.2) is 11.5 Å². The van der Waals surface area contributed by atoms with E-state index in [0.29, 0.717) is 12.2 Å². The van der Waals surface area contributed by atoms with Crippen molar-refractivity contribution in [2.75, 3.05) is 7.11 Å². The van der Waals surface area contributed by atoms with Gasteiger partial charge >= 0.3 is 12.3 Å². The number of ether oxygens (including phenoxy) is 3. The topological polar surface area (TPSA) is 44.8 Å². The Bertz CT molecular complexity index is 726. The third kappa shape index (κ3) is 4.18. The molecule has 0 unspecified atom stereocenters. The first-order valence-electron chi connectivity index (χ1n) is 7.08. The van der Waals surface area contributed by atoms with E-state index in [2.05, 4.69) is 4.74 Å². The Morgan fingerprint density at radius 3 is 2.29 bits per heavy atom. The van der Waals surface area contributed by atoms with Crippen LogP contribution in [0.3, 0.4) is 0 Å². The molecule has 0 aliphatic rings. The van der Waals surface area contributed by atoms with Gasteiger partial charge in [-0.15, -0.1) is 13.2 Å². The summed E-state index contributed by atoms with van der Waals surface area (Å²) in [6, 6.07) is 9.98. The monoisotopic (exact) mass is 340 g/mol. The van der Waals surface area contributed by atoms with Gasteiger partial charge in [0.1, 0.15) is 11.3 Å². The van der Waals surface area contributed by atoms with Crippen molar-refractivity contribution < 1.29 is 32.2 Å². The molecule has 7 heteroatoms. The number of benzene rings is 2. The number of carbonyl (C=O) groups excluding carboxylic acids is 1. The first-order chi connectivity index (χ1) is 11.4. The van der Waals surface area contributed by atoms with Crippen LogP contribution in [0.15, 0.2) is 42.5 Å². The molecule has 4 nitrogen and oxygen atoms in total. The fraction of sp³-hybridized carbons (Fsp3) is 0.235. The summed E-state index contributed by atoms with van der Waals surface area (Å²) in [7, 11) is 1.41. The van der Waals surface area contributed by atoms with E-state index in [9.17, 15) is 18.0 Å². The third-order valence-electron chi connectivity index (χ3n) is 3.18. The van der Waals surface area contributed by atoms with E-state index in [4.69, 9.17) is 9.47 Å². The lowest BCUT2D eigenvalue weighted by atomic mass is 10.1. The summed E-state index contributed by atoms with van der Waals surface area (Å²) in [4.78, 5) is 12.3. The van der Waals surface area contributed by atoms with Gasteiger partial charge in [0.2, 0.25) is 0 Å². The van der Waals surface area contributed by atoms with Gasteiger partial charge in [-0.1, -0.05) is 31.2 Å². The Hall–Kier alpha value is -2.70. The molecular weight excluding hydrogens is 325 g/mol. The molecule has 0 bridgehead atoms. The zero-order chi connectivity index (χ0) is 17.7. The third-order valence-corrected chi connectivity index (χ3v) is 3.18.